The average Bonchev–Trinajstić information content (AvgIpc) is 2.65. The van der Waals surface area contributed by atoms with Crippen LogP contribution in [0.1, 0.15) is 11.1 Å². The van der Waals surface area contributed by atoms with Crippen molar-refractivity contribution in [3.05, 3.63) is 53.9 Å². The van der Waals surface area contributed by atoms with Crippen LogP contribution in [0.15, 0.2) is 42.7 Å². The van der Waals surface area contributed by atoms with Crippen LogP contribution in [0.4, 0.5) is 0 Å². The van der Waals surface area contributed by atoms with Gasteiger partial charge < -0.3 is 19.5 Å². The van der Waals surface area contributed by atoms with Gasteiger partial charge in [0.2, 0.25) is 11.7 Å². The highest BCUT2D eigenvalue weighted by Gasteiger charge is 2.12. The number of aromatic hydroxyl groups is 1. The van der Waals surface area contributed by atoms with Gasteiger partial charge in [-0.1, -0.05) is 6.07 Å². The van der Waals surface area contributed by atoms with Crippen molar-refractivity contribution in [2.45, 2.75) is 6.42 Å². The summed E-state index contributed by atoms with van der Waals surface area (Å²) in [6.07, 6.45) is 7.24. The molecule has 0 bridgehead atoms. The van der Waals surface area contributed by atoms with Gasteiger partial charge in [-0.2, -0.15) is 0 Å². The number of phenolic OH excluding ortho intramolecular Hbond substituents is 1. The molecule has 0 unspecified atom stereocenters. The zero-order valence-corrected chi connectivity index (χ0v) is 14.6. The van der Waals surface area contributed by atoms with Crippen LogP contribution in [-0.4, -0.2) is 48.7 Å². The molecule has 25 heavy (non-hydrogen) atoms. The van der Waals surface area contributed by atoms with E-state index in [4.69, 9.17) is 9.47 Å². The molecule has 1 N–H and O–H groups in total. The molecule has 1 aromatic heterocycles. The molecule has 0 saturated heterocycles. The van der Waals surface area contributed by atoms with Crippen molar-refractivity contribution in [2.24, 2.45) is 0 Å². The monoisotopic (exact) mass is 342 g/mol. The minimum absolute atomic E-state index is 0.0300. The van der Waals surface area contributed by atoms with Gasteiger partial charge in [0.05, 0.1) is 14.2 Å². The van der Waals surface area contributed by atoms with Gasteiger partial charge in [-0.05, 0) is 41.8 Å². The second kappa shape index (κ2) is 8.73. The summed E-state index contributed by atoms with van der Waals surface area (Å²) in [5.74, 6) is 0.568. The van der Waals surface area contributed by atoms with Crippen molar-refractivity contribution >= 4 is 12.0 Å². The van der Waals surface area contributed by atoms with Crippen molar-refractivity contribution in [1.29, 1.82) is 0 Å². The molecule has 132 valence electrons. The van der Waals surface area contributed by atoms with E-state index in [0.717, 1.165) is 11.1 Å². The van der Waals surface area contributed by atoms with Crippen molar-refractivity contribution in [1.82, 2.24) is 9.88 Å². The Morgan fingerprint density at radius 2 is 1.96 bits per heavy atom. The lowest BCUT2D eigenvalue weighted by molar-refractivity contribution is -0.124. The van der Waals surface area contributed by atoms with Crippen LogP contribution in [0.2, 0.25) is 0 Å². The van der Waals surface area contributed by atoms with E-state index in [1.165, 1.54) is 20.3 Å². The van der Waals surface area contributed by atoms with Gasteiger partial charge in [0.1, 0.15) is 0 Å². The fourth-order valence-corrected chi connectivity index (χ4v) is 2.27. The van der Waals surface area contributed by atoms with Crippen LogP contribution in [0.3, 0.4) is 0 Å². The highest BCUT2D eigenvalue weighted by atomic mass is 16.5. The van der Waals surface area contributed by atoms with Crippen molar-refractivity contribution in [3.8, 4) is 17.2 Å². The Kier molecular flexibility index (Phi) is 6.39. The normalized spacial score (nSPS) is 10.7. The summed E-state index contributed by atoms with van der Waals surface area (Å²) < 4.78 is 10.3. The van der Waals surface area contributed by atoms with Crippen LogP contribution in [0.5, 0.6) is 17.2 Å². The molecule has 0 saturated carbocycles. The minimum Gasteiger partial charge on any atom is -0.502 e. The predicted octanol–water partition coefficient (Wildman–Crippen LogP) is 2.52. The molecule has 0 atom stereocenters. The number of likely N-dealkylation sites (N-methyl/N-ethyl adjacent to an activating group) is 1. The van der Waals surface area contributed by atoms with Crippen molar-refractivity contribution in [2.75, 3.05) is 27.8 Å². The number of rotatable bonds is 7. The fraction of sp³-hybridized carbons (Fsp3) is 0.263. The lowest BCUT2D eigenvalue weighted by atomic mass is 10.1. The van der Waals surface area contributed by atoms with Crippen LogP contribution in [0.25, 0.3) is 6.08 Å². The number of hydrogen-bond donors (Lipinski definition) is 1. The Balaban J connectivity index is 1.98. The van der Waals surface area contributed by atoms with Crippen LogP contribution >= 0.6 is 0 Å². The van der Waals surface area contributed by atoms with Gasteiger partial charge in [-0.25, -0.2) is 0 Å². The van der Waals surface area contributed by atoms with E-state index in [1.807, 2.05) is 12.1 Å². The number of amides is 1. The van der Waals surface area contributed by atoms with E-state index < -0.39 is 0 Å². The van der Waals surface area contributed by atoms with Gasteiger partial charge in [-0.3, -0.25) is 9.78 Å². The summed E-state index contributed by atoms with van der Waals surface area (Å²) >= 11 is 0. The number of carbonyl (C=O) groups excluding carboxylic acids is 1. The van der Waals surface area contributed by atoms with Crippen LogP contribution in [0, 0.1) is 0 Å². The molecule has 0 aliphatic rings. The zero-order chi connectivity index (χ0) is 18.2. The quantitative estimate of drug-likeness (QED) is 0.783. The summed E-state index contributed by atoms with van der Waals surface area (Å²) in [5, 5.41) is 9.93. The molecule has 0 fully saturated rings. The summed E-state index contributed by atoms with van der Waals surface area (Å²) in [4.78, 5) is 17.8. The number of nitrogens with zero attached hydrogens (tertiary/aromatic N) is 2. The van der Waals surface area contributed by atoms with Crippen LogP contribution < -0.4 is 9.47 Å². The van der Waals surface area contributed by atoms with Gasteiger partial charge >= 0.3 is 0 Å². The van der Waals surface area contributed by atoms with Gasteiger partial charge in [-0.15, -0.1) is 0 Å². The highest BCUT2D eigenvalue weighted by Crippen LogP contribution is 2.37. The molecule has 2 aromatic rings. The number of ether oxygens (including phenoxy) is 2. The van der Waals surface area contributed by atoms with Crippen LogP contribution in [-0.2, 0) is 11.2 Å². The average molecular weight is 342 g/mol. The molecule has 0 radical (unpaired) electrons. The van der Waals surface area contributed by atoms with Gasteiger partial charge in [0.25, 0.3) is 0 Å². The molecular weight excluding hydrogens is 320 g/mol. The topological polar surface area (TPSA) is 71.9 Å². The summed E-state index contributed by atoms with van der Waals surface area (Å²) in [7, 11) is 4.71. The number of methoxy groups -OCH3 is 2. The van der Waals surface area contributed by atoms with Gasteiger partial charge in [0, 0.05) is 32.1 Å². The molecule has 0 aliphatic carbocycles. The maximum atomic E-state index is 12.2. The van der Waals surface area contributed by atoms with Gasteiger partial charge in [0.15, 0.2) is 11.5 Å². The largest absolute Gasteiger partial charge is 0.502 e. The molecule has 6 nitrogen and oxygen atoms in total. The zero-order valence-electron chi connectivity index (χ0n) is 14.6. The maximum Gasteiger partial charge on any atom is 0.246 e. The molecule has 1 heterocycles. The molecule has 0 spiro atoms. The molecule has 1 amide bonds. The van der Waals surface area contributed by atoms with Crippen molar-refractivity contribution in [3.63, 3.8) is 0 Å². The third-order valence-corrected chi connectivity index (χ3v) is 3.75. The molecular formula is C19H22N2O4. The van der Waals surface area contributed by atoms with Crippen molar-refractivity contribution < 1.29 is 19.4 Å². The summed E-state index contributed by atoms with van der Waals surface area (Å²) in [6, 6.07) is 7.18. The minimum atomic E-state index is -0.0958. The smallest absolute Gasteiger partial charge is 0.246 e. The third kappa shape index (κ3) is 4.97. The summed E-state index contributed by atoms with van der Waals surface area (Å²) in [6.45, 7) is 0.521. The van der Waals surface area contributed by atoms with E-state index in [1.54, 1.807) is 42.6 Å². The Morgan fingerprint density at radius 1 is 1.28 bits per heavy atom. The number of hydrogen-bond acceptors (Lipinski definition) is 5. The predicted molar refractivity (Wildman–Crippen MR) is 95.8 cm³/mol. The highest BCUT2D eigenvalue weighted by molar-refractivity contribution is 5.91. The molecule has 1 aromatic carbocycles. The second-order valence-corrected chi connectivity index (χ2v) is 5.48. The first-order valence-electron chi connectivity index (χ1n) is 7.82. The van der Waals surface area contributed by atoms with E-state index in [0.29, 0.717) is 24.5 Å². The van der Waals surface area contributed by atoms with E-state index >= 15 is 0 Å². The third-order valence-electron chi connectivity index (χ3n) is 3.75. The Bertz CT molecular complexity index is 719. The lowest BCUT2D eigenvalue weighted by Crippen LogP contribution is -2.27. The number of carbonyl (C=O) groups is 1. The van der Waals surface area contributed by atoms with E-state index in [9.17, 15) is 9.90 Å². The number of benzene rings is 1. The maximum absolute atomic E-state index is 12.2. The molecule has 0 aliphatic heterocycles. The first-order chi connectivity index (χ1) is 12.0. The Labute approximate surface area is 147 Å². The fourth-order valence-electron chi connectivity index (χ4n) is 2.27. The number of aromatic nitrogens is 1. The van der Waals surface area contributed by atoms with E-state index in [-0.39, 0.29) is 11.7 Å². The first-order valence-corrected chi connectivity index (χ1v) is 7.82. The SMILES string of the molecule is COc1cc(CCN(C)C(=O)C=Cc2cccnc2)cc(OC)c1O. The number of pyridine rings is 1. The number of phenols is 1. The second-order valence-electron chi connectivity index (χ2n) is 5.48. The standard InChI is InChI=1S/C19H22N2O4/c1-21(18(22)7-6-14-5-4-9-20-13-14)10-8-15-11-16(24-2)19(23)17(12-15)25-3/h4-7,9,11-13,23H,8,10H2,1-3H3. The first kappa shape index (κ1) is 18.3. The Hall–Kier alpha value is -3.02. The molecule has 2 rings (SSSR count). The lowest BCUT2D eigenvalue weighted by Gasteiger charge is -2.16. The summed E-state index contributed by atoms with van der Waals surface area (Å²) in [5.41, 5.74) is 1.78. The molecule has 6 heteroatoms. The Morgan fingerprint density at radius 3 is 2.52 bits per heavy atom. The van der Waals surface area contributed by atoms with E-state index in [2.05, 4.69) is 4.98 Å².